The molecule has 0 aromatic heterocycles. The van der Waals surface area contributed by atoms with Gasteiger partial charge in [0.25, 0.3) is 0 Å². The van der Waals surface area contributed by atoms with Crippen LogP contribution in [0, 0.1) is 5.92 Å². The zero-order valence-electron chi connectivity index (χ0n) is 14.3. The molecule has 3 heteroatoms. The number of carbonyl (C=O) groups is 1. The third-order valence-corrected chi connectivity index (χ3v) is 4.73. The molecule has 0 amide bonds. The van der Waals surface area contributed by atoms with Crippen molar-refractivity contribution < 1.29 is 14.6 Å². The van der Waals surface area contributed by atoms with Crippen LogP contribution in [0.25, 0.3) is 0 Å². The molecule has 0 heterocycles. The highest BCUT2D eigenvalue weighted by atomic mass is 16.5. The summed E-state index contributed by atoms with van der Waals surface area (Å²) >= 11 is 0. The molecule has 0 unspecified atom stereocenters. The lowest BCUT2D eigenvalue weighted by Crippen LogP contribution is -2.13. The van der Waals surface area contributed by atoms with Crippen LogP contribution >= 0.6 is 0 Å². The maximum atomic E-state index is 11.9. The summed E-state index contributed by atoms with van der Waals surface area (Å²) in [5.74, 6) is 1.61. The molecule has 2 rings (SSSR count). The molecule has 1 saturated carbocycles. The number of hydrogen-bond donors (Lipinski definition) is 1. The summed E-state index contributed by atoms with van der Waals surface area (Å²) < 4.78 is 5.54. The molecular formula is C20H28O3. The predicted octanol–water partition coefficient (Wildman–Crippen LogP) is 4.39. The first-order valence-electron chi connectivity index (χ1n) is 8.62. The summed E-state index contributed by atoms with van der Waals surface area (Å²) in [6.07, 6.45) is 6.29. The van der Waals surface area contributed by atoms with Crippen LogP contribution in [-0.4, -0.2) is 17.7 Å². The van der Waals surface area contributed by atoms with Crippen LogP contribution in [0.3, 0.4) is 0 Å². The van der Waals surface area contributed by atoms with Gasteiger partial charge >= 0.3 is 5.97 Å². The van der Waals surface area contributed by atoms with Gasteiger partial charge in [-0.05, 0) is 61.6 Å². The molecule has 1 aromatic rings. The molecule has 1 aliphatic rings. The average molecular weight is 316 g/mol. The van der Waals surface area contributed by atoms with Gasteiger partial charge in [-0.15, -0.1) is 0 Å². The van der Waals surface area contributed by atoms with E-state index in [-0.39, 0.29) is 12.6 Å². The van der Waals surface area contributed by atoms with E-state index in [2.05, 4.69) is 19.6 Å². The van der Waals surface area contributed by atoms with Gasteiger partial charge in [0.05, 0.1) is 0 Å². The largest absolute Gasteiger partial charge is 0.423 e. The summed E-state index contributed by atoms with van der Waals surface area (Å²) in [6, 6.07) is 6.23. The topological polar surface area (TPSA) is 46.5 Å². The lowest BCUT2D eigenvalue weighted by molar-refractivity contribution is -0.130. The molecule has 1 aromatic carbocycles. The number of carbonyl (C=O) groups excluding carboxylic acids is 1. The summed E-state index contributed by atoms with van der Waals surface area (Å²) in [4.78, 5) is 11.9. The van der Waals surface area contributed by atoms with Crippen LogP contribution in [0.2, 0.25) is 0 Å². The monoisotopic (exact) mass is 316 g/mol. The van der Waals surface area contributed by atoms with Crippen LogP contribution in [0.1, 0.15) is 63.0 Å². The Kier molecular flexibility index (Phi) is 6.40. The van der Waals surface area contributed by atoms with Crippen molar-refractivity contribution in [2.24, 2.45) is 5.92 Å². The van der Waals surface area contributed by atoms with E-state index in [0.717, 1.165) is 11.5 Å². The normalized spacial score (nSPS) is 21.0. The van der Waals surface area contributed by atoms with Crippen molar-refractivity contribution in [2.75, 3.05) is 6.61 Å². The van der Waals surface area contributed by atoms with Crippen molar-refractivity contribution >= 4 is 5.97 Å². The molecule has 126 valence electrons. The number of aryl methyl sites for hydroxylation is 1. The van der Waals surface area contributed by atoms with Gasteiger partial charge in [-0.2, -0.15) is 0 Å². The van der Waals surface area contributed by atoms with Crippen LogP contribution in [0.4, 0.5) is 0 Å². The Labute approximate surface area is 139 Å². The molecule has 1 N–H and O–H groups in total. The number of rotatable bonds is 6. The smallest absolute Gasteiger partial charge is 0.338 e. The minimum atomic E-state index is -0.385. The van der Waals surface area contributed by atoms with Gasteiger partial charge in [0.1, 0.15) is 5.75 Å². The molecule has 1 aliphatic carbocycles. The number of aliphatic hydroxyl groups is 1. The number of hydrogen-bond acceptors (Lipinski definition) is 3. The minimum Gasteiger partial charge on any atom is -0.423 e. The number of esters is 1. The maximum absolute atomic E-state index is 11.9. The van der Waals surface area contributed by atoms with Gasteiger partial charge in [-0.25, -0.2) is 4.79 Å². The fourth-order valence-electron chi connectivity index (χ4n) is 3.18. The molecule has 1 fully saturated rings. The minimum absolute atomic E-state index is 0.135. The van der Waals surface area contributed by atoms with Crippen LogP contribution in [0.15, 0.2) is 30.4 Å². The molecular weight excluding hydrogens is 288 g/mol. The quantitative estimate of drug-likeness (QED) is 0.481. The van der Waals surface area contributed by atoms with E-state index < -0.39 is 0 Å². The predicted molar refractivity (Wildman–Crippen MR) is 92.7 cm³/mol. The van der Waals surface area contributed by atoms with Crippen molar-refractivity contribution in [3.05, 3.63) is 41.5 Å². The Bertz CT molecular complexity index is 554. The van der Waals surface area contributed by atoms with Crippen molar-refractivity contribution in [3.8, 4) is 5.75 Å². The van der Waals surface area contributed by atoms with Gasteiger partial charge in [0.2, 0.25) is 0 Å². The Balaban J connectivity index is 2.21. The molecule has 0 bridgehead atoms. The van der Waals surface area contributed by atoms with Crippen molar-refractivity contribution in [1.29, 1.82) is 0 Å². The van der Waals surface area contributed by atoms with Gasteiger partial charge in [0.15, 0.2) is 0 Å². The highest BCUT2D eigenvalue weighted by Gasteiger charge is 2.21. The fourth-order valence-corrected chi connectivity index (χ4v) is 3.18. The first kappa shape index (κ1) is 17.7. The second-order valence-electron chi connectivity index (χ2n) is 6.82. The fraction of sp³-hybridized carbons (Fsp3) is 0.550. The lowest BCUT2D eigenvalue weighted by Gasteiger charge is -2.27. The zero-order valence-corrected chi connectivity index (χ0v) is 14.3. The first-order chi connectivity index (χ1) is 11.0. The summed E-state index contributed by atoms with van der Waals surface area (Å²) in [5.41, 5.74) is 2.63. The van der Waals surface area contributed by atoms with Gasteiger partial charge < -0.3 is 9.84 Å². The zero-order chi connectivity index (χ0) is 16.8. The van der Waals surface area contributed by atoms with Crippen LogP contribution in [0.5, 0.6) is 5.75 Å². The molecule has 0 radical (unpaired) electrons. The Morgan fingerprint density at radius 2 is 2.00 bits per heavy atom. The number of ether oxygens (including phenoxy) is 1. The average Bonchev–Trinajstić information content (AvgIpc) is 2.54. The summed E-state index contributed by atoms with van der Waals surface area (Å²) in [7, 11) is 0. The van der Waals surface area contributed by atoms with E-state index in [0.29, 0.717) is 30.1 Å². The number of benzene rings is 1. The van der Waals surface area contributed by atoms with E-state index in [4.69, 9.17) is 9.84 Å². The van der Waals surface area contributed by atoms with E-state index in [1.807, 2.05) is 12.1 Å². The second kappa shape index (κ2) is 8.30. The molecule has 0 atom stereocenters. The Hall–Kier alpha value is -1.61. The SMILES string of the molecule is C=C(C)C(=O)Oc1cc(C2CCC(C)CC2)ccc1CCCO. The molecule has 0 spiro atoms. The molecule has 0 aliphatic heterocycles. The van der Waals surface area contributed by atoms with Crippen molar-refractivity contribution in [1.82, 2.24) is 0 Å². The third-order valence-electron chi connectivity index (χ3n) is 4.73. The third kappa shape index (κ3) is 4.93. The van der Waals surface area contributed by atoms with E-state index in [9.17, 15) is 4.79 Å². The summed E-state index contributed by atoms with van der Waals surface area (Å²) in [5, 5.41) is 9.05. The van der Waals surface area contributed by atoms with Crippen LogP contribution in [-0.2, 0) is 11.2 Å². The van der Waals surface area contributed by atoms with Gasteiger partial charge in [-0.3, -0.25) is 0 Å². The molecule has 0 saturated heterocycles. The highest BCUT2D eigenvalue weighted by molar-refractivity contribution is 5.89. The van der Waals surface area contributed by atoms with Crippen LogP contribution < -0.4 is 4.74 Å². The van der Waals surface area contributed by atoms with E-state index in [1.165, 1.54) is 31.2 Å². The maximum Gasteiger partial charge on any atom is 0.338 e. The first-order valence-corrected chi connectivity index (χ1v) is 8.62. The van der Waals surface area contributed by atoms with E-state index in [1.54, 1.807) is 6.92 Å². The summed E-state index contributed by atoms with van der Waals surface area (Å²) in [6.45, 7) is 7.75. The molecule has 23 heavy (non-hydrogen) atoms. The van der Waals surface area contributed by atoms with Gasteiger partial charge in [0, 0.05) is 12.2 Å². The Morgan fingerprint density at radius 1 is 1.30 bits per heavy atom. The van der Waals surface area contributed by atoms with E-state index >= 15 is 0 Å². The Morgan fingerprint density at radius 3 is 2.61 bits per heavy atom. The van der Waals surface area contributed by atoms with Crippen molar-refractivity contribution in [3.63, 3.8) is 0 Å². The van der Waals surface area contributed by atoms with Crippen molar-refractivity contribution in [2.45, 2.75) is 58.3 Å². The lowest BCUT2D eigenvalue weighted by atomic mass is 9.79. The highest BCUT2D eigenvalue weighted by Crippen LogP contribution is 2.37. The van der Waals surface area contributed by atoms with Gasteiger partial charge in [-0.1, -0.05) is 38.5 Å². The number of aliphatic hydroxyl groups excluding tert-OH is 1. The molecule has 3 nitrogen and oxygen atoms in total. The second-order valence-corrected chi connectivity index (χ2v) is 6.82. The standard InChI is InChI=1S/C20H28O3/c1-14(2)20(22)23-19-13-18(11-10-17(19)5-4-12-21)16-8-6-15(3)7-9-16/h10-11,13,15-16,21H,1,4-9,12H2,2-3H3.